The molecule has 0 spiro atoms. The Morgan fingerprint density at radius 3 is 2.62 bits per heavy atom. The van der Waals surface area contributed by atoms with Gasteiger partial charge < -0.3 is 10.6 Å². The third kappa shape index (κ3) is 2.42. The summed E-state index contributed by atoms with van der Waals surface area (Å²) in [5.41, 5.74) is 6.69. The molecule has 1 aliphatic rings. The molecular formula is C13H18N2O. The Morgan fingerprint density at radius 2 is 2.00 bits per heavy atom. The minimum atomic E-state index is 0.0996. The highest BCUT2D eigenvalue weighted by atomic mass is 16.2. The van der Waals surface area contributed by atoms with E-state index in [1.165, 1.54) is 0 Å². The summed E-state index contributed by atoms with van der Waals surface area (Å²) in [5, 5.41) is 0. The van der Waals surface area contributed by atoms with E-state index in [2.05, 4.69) is 6.92 Å². The molecule has 1 aromatic carbocycles. The first-order chi connectivity index (χ1) is 7.66. The molecule has 2 atom stereocenters. The molecule has 2 unspecified atom stereocenters. The number of piperidine rings is 1. The molecule has 86 valence electrons. The zero-order valence-corrected chi connectivity index (χ0v) is 9.60. The number of carbonyl (C=O) groups excluding carboxylic acids is 1. The largest absolute Gasteiger partial charge is 0.337 e. The summed E-state index contributed by atoms with van der Waals surface area (Å²) in [6.45, 7) is 3.64. The van der Waals surface area contributed by atoms with E-state index in [0.717, 1.165) is 18.5 Å². The van der Waals surface area contributed by atoms with Crippen LogP contribution in [0.4, 0.5) is 0 Å². The molecular weight excluding hydrogens is 200 g/mol. The van der Waals surface area contributed by atoms with Crippen molar-refractivity contribution in [3.05, 3.63) is 35.9 Å². The molecule has 2 N–H and O–H groups in total. The summed E-state index contributed by atoms with van der Waals surface area (Å²) in [4.78, 5) is 14.0. The van der Waals surface area contributed by atoms with Crippen LogP contribution in [0, 0.1) is 5.92 Å². The maximum atomic E-state index is 12.2. The summed E-state index contributed by atoms with van der Waals surface area (Å²) in [6, 6.07) is 9.53. The van der Waals surface area contributed by atoms with Crippen molar-refractivity contribution in [2.75, 3.05) is 13.1 Å². The zero-order chi connectivity index (χ0) is 11.5. The average Bonchev–Trinajstić information content (AvgIpc) is 2.28. The van der Waals surface area contributed by atoms with Gasteiger partial charge >= 0.3 is 0 Å². The number of rotatable bonds is 1. The Hall–Kier alpha value is -1.35. The molecule has 1 heterocycles. The Balaban J connectivity index is 2.10. The first-order valence-corrected chi connectivity index (χ1v) is 5.76. The number of likely N-dealkylation sites (tertiary alicyclic amines) is 1. The lowest BCUT2D eigenvalue weighted by molar-refractivity contribution is 0.0661. The van der Waals surface area contributed by atoms with Crippen LogP contribution in [0.3, 0.4) is 0 Å². The summed E-state index contributed by atoms with van der Waals surface area (Å²) in [5.74, 6) is 0.596. The molecule has 3 heteroatoms. The van der Waals surface area contributed by atoms with Gasteiger partial charge in [-0.2, -0.15) is 0 Å². The van der Waals surface area contributed by atoms with Gasteiger partial charge in [-0.25, -0.2) is 0 Å². The molecule has 0 bridgehead atoms. The van der Waals surface area contributed by atoms with Gasteiger partial charge in [-0.3, -0.25) is 4.79 Å². The van der Waals surface area contributed by atoms with Crippen LogP contribution in [0.15, 0.2) is 30.3 Å². The van der Waals surface area contributed by atoms with Crippen molar-refractivity contribution in [1.82, 2.24) is 4.90 Å². The molecule has 1 aromatic rings. The normalized spacial score (nSPS) is 25.5. The molecule has 0 saturated carbocycles. The summed E-state index contributed by atoms with van der Waals surface area (Å²) >= 11 is 0. The number of hydrogen-bond acceptors (Lipinski definition) is 2. The van der Waals surface area contributed by atoms with Crippen molar-refractivity contribution in [3.8, 4) is 0 Å². The highest BCUT2D eigenvalue weighted by Crippen LogP contribution is 2.17. The Morgan fingerprint density at radius 1 is 1.31 bits per heavy atom. The van der Waals surface area contributed by atoms with E-state index in [4.69, 9.17) is 5.73 Å². The molecule has 16 heavy (non-hydrogen) atoms. The van der Waals surface area contributed by atoms with Gasteiger partial charge in [-0.15, -0.1) is 0 Å². The quantitative estimate of drug-likeness (QED) is 0.776. The predicted molar refractivity (Wildman–Crippen MR) is 64.1 cm³/mol. The summed E-state index contributed by atoms with van der Waals surface area (Å²) in [7, 11) is 0. The summed E-state index contributed by atoms with van der Waals surface area (Å²) < 4.78 is 0. The highest BCUT2D eigenvalue weighted by Gasteiger charge is 2.26. The van der Waals surface area contributed by atoms with Crippen LogP contribution in [-0.2, 0) is 0 Å². The molecule has 0 aliphatic carbocycles. The number of amides is 1. The van der Waals surface area contributed by atoms with E-state index in [0.29, 0.717) is 12.5 Å². The van der Waals surface area contributed by atoms with Crippen LogP contribution in [0.25, 0.3) is 0 Å². The second kappa shape index (κ2) is 4.66. The van der Waals surface area contributed by atoms with Gasteiger partial charge in [0.25, 0.3) is 5.91 Å². The molecule has 1 amide bonds. The maximum absolute atomic E-state index is 12.2. The van der Waals surface area contributed by atoms with Gasteiger partial charge in [0.1, 0.15) is 0 Å². The Labute approximate surface area is 96.2 Å². The maximum Gasteiger partial charge on any atom is 0.253 e. The Kier molecular flexibility index (Phi) is 3.25. The second-order valence-electron chi connectivity index (χ2n) is 4.68. The van der Waals surface area contributed by atoms with E-state index in [1.54, 1.807) is 0 Å². The van der Waals surface area contributed by atoms with Gasteiger partial charge in [-0.1, -0.05) is 25.1 Å². The van der Waals surface area contributed by atoms with Crippen LogP contribution >= 0.6 is 0 Å². The first kappa shape index (κ1) is 11.1. The minimum absolute atomic E-state index is 0.0996. The molecule has 1 aliphatic heterocycles. The van der Waals surface area contributed by atoms with Crippen LogP contribution in [-0.4, -0.2) is 29.9 Å². The Bertz CT molecular complexity index is 353. The molecule has 3 nitrogen and oxygen atoms in total. The lowest BCUT2D eigenvalue weighted by atomic mass is 9.96. The van der Waals surface area contributed by atoms with Gasteiger partial charge in [0.05, 0.1) is 0 Å². The zero-order valence-electron chi connectivity index (χ0n) is 9.60. The summed E-state index contributed by atoms with van der Waals surface area (Å²) in [6.07, 6.45) is 1.01. The SMILES string of the molecule is CC1CC(N)CN(C(=O)c2ccccc2)C1. The van der Waals surface area contributed by atoms with Crippen molar-refractivity contribution in [1.29, 1.82) is 0 Å². The van der Waals surface area contributed by atoms with Crippen molar-refractivity contribution in [2.24, 2.45) is 11.7 Å². The van der Waals surface area contributed by atoms with E-state index in [-0.39, 0.29) is 11.9 Å². The topological polar surface area (TPSA) is 46.3 Å². The van der Waals surface area contributed by atoms with Crippen molar-refractivity contribution in [2.45, 2.75) is 19.4 Å². The number of hydrogen-bond donors (Lipinski definition) is 1. The molecule has 1 fully saturated rings. The minimum Gasteiger partial charge on any atom is -0.337 e. The molecule has 1 saturated heterocycles. The van der Waals surface area contributed by atoms with E-state index in [1.807, 2.05) is 35.2 Å². The van der Waals surface area contributed by atoms with E-state index >= 15 is 0 Å². The molecule has 2 rings (SSSR count). The van der Waals surface area contributed by atoms with Crippen molar-refractivity contribution >= 4 is 5.91 Å². The van der Waals surface area contributed by atoms with Crippen LogP contribution in [0.5, 0.6) is 0 Å². The highest BCUT2D eigenvalue weighted by molar-refractivity contribution is 5.94. The third-order valence-corrected chi connectivity index (χ3v) is 3.00. The predicted octanol–water partition coefficient (Wildman–Crippen LogP) is 1.50. The fourth-order valence-electron chi connectivity index (χ4n) is 2.33. The standard InChI is InChI=1S/C13H18N2O/c1-10-7-12(14)9-15(8-10)13(16)11-5-3-2-4-6-11/h2-6,10,12H,7-9,14H2,1H3. The lowest BCUT2D eigenvalue weighted by Gasteiger charge is -2.34. The average molecular weight is 218 g/mol. The van der Waals surface area contributed by atoms with Crippen molar-refractivity contribution < 1.29 is 4.79 Å². The number of nitrogens with two attached hydrogens (primary N) is 1. The van der Waals surface area contributed by atoms with E-state index in [9.17, 15) is 4.79 Å². The van der Waals surface area contributed by atoms with Gasteiger partial charge in [0, 0.05) is 24.7 Å². The third-order valence-electron chi connectivity index (χ3n) is 3.00. The van der Waals surface area contributed by atoms with Gasteiger partial charge in [0.2, 0.25) is 0 Å². The first-order valence-electron chi connectivity index (χ1n) is 5.76. The van der Waals surface area contributed by atoms with Gasteiger partial charge in [0.15, 0.2) is 0 Å². The smallest absolute Gasteiger partial charge is 0.253 e. The monoisotopic (exact) mass is 218 g/mol. The van der Waals surface area contributed by atoms with Crippen LogP contribution < -0.4 is 5.73 Å². The lowest BCUT2D eigenvalue weighted by Crippen LogP contribution is -2.48. The number of carbonyl (C=O) groups is 1. The van der Waals surface area contributed by atoms with Crippen LogP contribution in [0.1, 0.15) is 23.7 Å². The molecule has 0 aromatic heterocycles. The van der Waals surface area contributed by atoms with Gasteiger partial charge in [-0.05, 0) is 24.5 Å². The molecule has 0 radical (unpaired) electrons. The number of nitrogens with zero attached hydrogens (tertiary/aromatic N) is 1. The fourth-order valence-corrected chi connectivity index (χ4v) is 2.33. The van der Waals surface area contributed by atoms with Crippen LogP contribution in [0.2, 0.25) is 0 Å². The second-order valence-corrected chi connectivity index (χ2v) is 4.68. The number of benzene rings is 1. The fraction of sp³-hybridized carbons (Fsp3) is 0.462. The van der Waals surface area contributed by atoms with Crippen molar-refractivity contribution in [3.63, 3.8) is 0 Å². The van der Waals surface area contributed by atoms with E-state index < -0.39 is 0 Å².